The summed E-state index contributed by atoms with van der Waals surface area (Å²) in [5.74, 6) is 0.832. The van der Waals surface area contributed by atoms with Gasteiger partial charge in [-0.05, 0) is 38.1 Å². The molecule has 1 aromatic rings. The minimum Gasteiger partial charge on any atom is -0.490 e. The molecule has 2 rings (SSSR count). The molecule has 3 nitrogen and oxygen atoms in total. The first kappa shape index (κ1) is 12.7. The van der Waals surface area contributed by atoms with Crippen LogP contribution in [-0.2, 0) is 6.42 Å². The van der Waals surface area contributed by atoms with E-state index in [1.54, 1.807) is 6.20 Å². The Labute approximate surface area is 108 Å². The van der Waals surface area contributed by atoms with Crippen molar-refractivity contribution in [2.24, 2.45) is 0 Å². The Morgan fingerprint density at radius 1 is 1.59 bits per heavy atom. The van der Waals surface area contributed by atoms with E-state index in [2.05, 4.69) is 23.9 Å². The maximum absolute atomic E-state index is 6.02. The SMILES string of the molecule is CCCc1cc(OC[C@@H]2CCN2C)cnc1Cl. The summed E-state index contributed by atoms with van der Waals surface area (Å²) in [6.45, 7) is 4.05. The van der Waals surface area contributed by atoms with Gasteiger partial charge in [0, 0.05) is 6.04 Å². The highest BCUT2D eigenvalue weighted by atomic mass is 35.5. The van der Waals surface area contributed by atoms with E-state index >= 15 is 0 Å². The molecule has 1 atom stereocenters. The van der Waals surface area contributed by atoms with E-state index in [1.165, 1.54) is 13.0 Å². The van der Waals surface area contributed by atoms with E-state index in [-0.39, 0.29) is 0 Å². The third-order valence-electron chi connectivity index (χ3n) is 3.29. The number of hydrogen-bond acceptors (Lipinski definition) is 3. The first-order valence-corrected chi connectivity index (χ1v) is 6.56. The normalized spacial score (nSPS) is 20.1. The number of pyridine rings is 1. The van der Waals surface area contributed by atoms with Crippen LogP contribution < -0.4 is 4.74 Å². The van der Waals surface area contributed by atoms with Gasteiger partial charge in [-0.1, -0.05) is 24.9 Å². The van der Waals surface area contributed by atoms with E-state index < -0.39 is 0 Å². The highest BCUT2D eigenvalue weighted by molar-refractivity contribution is 6.30. The van der Waals surface area contributed by atoms with Crippen LogP contribution in [0.4, 0.5) is 0 Å². The van der Waals surface area contributed by atoms with Crippen LogP contribution in [0, 0.1) is 0 Å². The van der Waals surface area contributed by atoms with Gasteiger partial charge in [0.25, 0.3) is 0 Å². The van der Waals surface area contributed by atoms with Gasteiger partial charge in [-0.15, -0.1) is 0 Å². The molecule has 0 bridgehead atoms. The van der Waals surface area contributed by atoms with Crippen molar-refractivity contribution >= 4 is 11.6 Å². The molecular formula is C13H19ClN2O. The van der Waals surface area contributed by atoms with Crippen molar-refractivity contribution in [2.75, 3.05) is 20.2 Å². The number of likely N-dealkylation sites (tertiary alicyclic amines) is 1. The highest BCUT2D eigenvalue weighted by Crippen LogP contribution is 2.22. The Morgan fingerprint density at radius 2 is 2.41 bits per heavy atom. The van der Waals surface area contributed by atoms with Gasteiger partial charge >= 0.3 is 0 Å². The molecule has 17 heavy (non-hydrogen) atoms. The second-order valence-corrected chi connectivity index (χ2v) is 4.96. The largest absolute Gasteiger partial charge is 0.490 e. The third-order valence-corrected chi connectivity index (χ3v) is 3.63. The first-order chi connectivity index (χ1) is 8.20. The summed E-state index contributed by atoms with van der Waals surface area (Å²) in [7, 11) is 2.13. The number of halogens is 1. The zero-order valence-electron chi connectivity index (χ0n) is 10.4. The Kier molecular flexibility index (Phi) is 4.24. The molecule has 1 saturated heterocycles. The Morgan fingerprint density at radius 3 is 3.00 bits per heavy atom. The molecular weight excluding hydrogens is 236 g/mol. The summed E-state index contributed by atoms with van der Waals surface area (Å²) in [5.41, 5.74) is 1.08. The predicted molar refractivity (Wildman–Crippen MR) is 69.8 cm³/mol. The van der Waals surface area contributed by atoms with E-state index in [0.717, 1.165) is 30.8 Å². The predicted octanol–water partition coefficient (Wildman–Crippen LogP) is 2.77. The monoisotopic (exact) mass is 254 g/mol. The second kappa shape index (κ2) is 5.69. The van der Waals surface area contributed by atoms with Crippen LogP contribution in [0.25, 0.3) is 0 Å². The van der Waals surface area contributed by atoms with Gasteiger partial charge in [-0.2, -0.15) is 0 Å². The van der Waals surface area contributed by atoms with E-state index in [9.17, 15) is 0 Å². The molecule has 0 aliphatic carbocycles. The van der Waals surface area contributed by atoms with Crippen molar-refractivity contribution in [1.29, 1.82) is 0 Å². The summed E-state index contributed by atoms with van der Waals surface area (Å²) in [6.07, 6.45) is 4.95. The van der Waals surface area contributed by atoms with E-state index in [0.29, 0.717) is 11.2 Å². The zero-order chi connectivity index (χ0) is 12.3. The van der Waals surface area contributed by atoms with Crippen LogP contribution in [0.15, 0.2) is 12.3 Å². The van der Waals surface area contributed by atoms with Gasteiger partial charge in [-0.25, -0.2) is 4.98 Å². The van der Waals surface area contributed by atoms with Gasteiger partial charge in [0.2, 0.25) is 0 Å². The Balaban J connectivity index is 1.93. The minimum atomic E-state index is 0.556. The number of aromatic nitrogens is 1. The molecule has 0 N–H and O–H groups in total. The van der Waals surface area contributed by atoms with Crippen LogP contribution in [0.2, 0.25) is 5.15 Å². The number of aryl methyl sites for hydroxylation is 1. The molecule has 2 heterocycles. The zero-order valence-corrected chi connectivity index (χ0v) is 11.2. The van der Waals surface area contributed by atoms with Gasteiger partial charge in [0.05, 0.1) is 6.20 Å². The summed E-state index contributed by atoms with van der Waals surface area (Å²) in [4.78, 5) is 6.47. The molecule has 94 valence electrons. The van der Waals surface area contributed by atoms with E-state index in [1.807, 2.05) is 6.07 Å². The molecule has 1 aliphatic heterocycles. The third kappa shape index (κ3) is 3.11. The molecule has 0 aromatic carbocycles. The maximum Gasteiger partial charge on any atom is 0.138 e. The van der Waals surface area contributed by atoms with Gasteiger partial charge in [0.1, 0.15) is 17.5 Å². The number of rotatable bonds is 5. The first-order valence-electron chi connectivity index (χ1n) is 6.18. The van der Waals surface area contributed by atoms with Crippen molar-refractivity contribution in [1.82, 2.24) is 9.88 Å². The number of hydrogen-bond donors (Lipinski definition) is 0. The number of nitrogens with zero attached hydrogens (tertiary/aromatic N) is 2. The lowest BCUT2D eigenvalue weighted by Crippen LogP contribution is -2.48. The van der Waals surface area contributed by atoms with Crippen molar-refractivity contribution in [3.63, 3.8) is 0 Å². The molecule has 0 radical (unpaired) electrons. The fourth-order valence-electron chi connectivity index (χ4n) is 1.97. The van der Waals surface area contributed by atoms with Gasteiger partial charge in [0.15, 0.2) is 0 Å². The minimum absolute atomic E-state index is 0.556. The Hall–Kier alpha value is -0.800. The molecule has 0 saturated carbocycles. The number of likely N-dealkylation sites (N-methyl/N-ethyl adjacent to an activating group) is 1. The average molecular weight is 255 g/mol. The summed E-state index contributed by atoms with van der Waals surface area (Å²) >= 11 is 6.02. The van der Waals surface area contributed by atoms with Crippen LogP contribution in [0.1, 0.15) is 25.3 Å². The lowest BCUT2D eigenvalue weighted by molar-refractivity contribution is 0.0767. The van der Waals surface area contributed by atoms with Crippen LogP contribution >= 0.6 is 11.6 Å². The lowest BCUT2D eigenvalue weighted by Gasteiger charge is -2.37. The topological polar surface area (TPSA) is 25.4 Å². The fourth-order valence-corrected chi connectivity index (χ4v) is 2.17. The summed E-state index contributed by atoms with van der Waals surface area (Å²) < 4.78 is 5.76. The van der Waals surface area contributed by atoms with Crippen molar-refractivity contribution < 1.29 is 4.74 Å². The van der Waals surface area contributed by atoms with Crippen LogP contribution in [0.3, 0.4) is 0 Å². The molecule has 4 heteroatoms. The molecule has 0 amide bonds. The van der Waals surface area contributed by atoms with Crippen molar-refractivity contribution in [3.8, 4) is 5.75 Å². The van der Waals surface area contributed by atoms with Gasteiger partial charge in [-0.3, -0.25) is 4.90 Å². The van der Waals surface area contributed by atoms with Crippen LogP contribution in [-0.4, -0.2) is 36.1 Å². The average Bonchev–Trinajstić information content (AvgIpc) is 2.32. The summed E-state index contributed by atoms with van der Waals surface area (Å²) in [5, 5.41) is 0.597. The standard InChI is InChI=1S/C13H19ClN2O/c1-3-4-10-7-12(8-15-13(10)14)17-9-11-5-6-16(11)2/h7-8,11H,3-6,9H2,1-2H3/t11-/m0/s1. The quantitative estimate of drug-likeness (QED) is 0.756. The van der Waals surface area contributed by atoms with E-state index in [4.69, 9.17) is 16.3 Å². The molecule has 0 spiro atoms. The van der Waals surface area contributed by atoms with Crippen LogP contribution in [0.5, 0.6) is 5.75 Å². The lowest BCUT2D eigenvalue weighted by atomic mass is 10.1. The second-order valence-electron chi connectivity index (χ2n) is 4.61. The van der Waals surface area contributed by atoms with Crippen molar-refractivity contribution in [3.05, 3.63) is 23.0 Å². The fraction of sp³-hybridized carbons (Fsp3) is 0.615. The molecule has 1 aromatic heterocycles. The highest BCUT2D eigenvalue weighted by Gasteiger charge is 2.24. The Bertz CT molecular complexity index is 384. The van der Waals surface area contributed by atoms with Gasteiger partial charge < -0.3 is 4.74 Å². The maximum atomic E-state index is 6.02. The number of ether oxygens (including phenoxy) is 1. The molecule has 1 fully saturated rings. The smallest absolute Gasteiger partial charge is 0.138 e. The summed E-state index contributed by atoms with van der Waals surface area (Å²) in [6, 6.07) is 2.57. The van der Waals surface area contributed by atoms with Crippen molar-refractivity contribution in [2.45, 2.75) is 32.2 Å². The molecule has 0 unspecified atom stereocenters. The molecule has 1 aliphatic rings.